The summed E-state index contributed by atoms with van der Waals surface area (Å²) >= 11 is 0. The van der Waals surface area contributed by atoms with Crippen LogP contribution in [-0.4, -0.2) is 27.7 Å². The second-order valence-electron chi connectivity index (χ2n) is 6.99. The Labute approximate surface area is 165 Å². The summed E-state index contributed by atoms with van der Waals surface area (Å²) in [6.07, 6.45) is 2.78. The third-order valence-electron chi connectivity index (χ3n) is 4.78. The number of hydrogen-bond donors (Lipinski definition) is 2. The lowest BCUT2D eigenvalue weighted by molar-refractivity contribution is -0.121. The summed E-state index contributed by atoms with van der Waals surface area (Å²) in [6, 6.07) is 13.7. The number of benzene rings is 1. The molecular weight excluding hydrogens is 352 g/mol. The van der Waals surface area contributed by atoms with Crippen LogP contribution in [0.1, 0.15) is 53.1 Å². The molecule has 2 N–H and O–H groups in total. The molecular formula is C22H26N4O2. The van der Waals surface area contributed by atoms with Gasteiger partial charge >= 0.3 is 0 Å². The van der Waals surface area contributed by atoms with Gasteiger partial charge in [-0.25, -0.2) is 4.98 Å². The molecule has 2 amide bonds. The predicted molar refractivity (Wildman–Crippen MR) is 109 cm³/mol. The number of carbonyl (C=O) groups excluding carboxylic acids is 2. The number of aromatic nitrogens is 2. The summed E-state index contributed by atoms with van der Waals surface area (Å²) < 4.78 is 1.81. The first-order valence-electron chi connectivity index (χ1n) is 9.54. The number of amides is 2. The zero-order valence-electron chi connectivity index (χ0n) is 16.5. The van der Waals surface area contributed by atoms with Gasteiger partial charge in [0.25, 0.3) is 5.91 Å². The molecule has 0 bridgehead atoms. The fourth-order valence-corrected chi connectivity index (χ4v) is 3.26. The maximum Gasteiger partial charge on any atom is 0.270 e. The van der Waals surface area contributed by atoms with Gasteiger partial charge in [-0.05, 0) is 44.4 Å². The molecule has 146 valence electrons. The molecule has 1 unspecified atom stereocenters. The fourth-order valence-electron chi connectivity index (χ4n) is 3.26. The Kier molecular flexibility index (Phi) is 6.09. The molecule has 28 heavy (non-hydrogen) atoms. The number of rotatable bonds is 7. The lowest BCUT2D eigenvalue weighted by Gasteiger charge is -2.14. The molecule has 1 aromatic carbocycles. The molecule has 0 saturated carbocycles. The van der Waals surface area contributed by atoms with Crippen LogP contribution in [0.2, 0.25) is 0 Å². The molecule has 6 heteroatoms. The van der Waals surface area contributed by atoms with Crippen LogP contribution >= 0.6 is 0 Å². The largest absolute Gasteiger partial charge is 0.351 e. The van der Waals surface area contributed by atoms with Gasteiger partial charge in [0.1, 0.15) is 11.3 Å². The van der Waals surface area contributed by atoms with Crippen molar-refractivity contribution in [3.8, 4) is 0 Å². The van der Waals surface area contributed by atoms with E-state index < -0.39 is 0 Å². The van der Waals surface area contributed by atoms with Crippen LogP contribution in [0.5, 0.6) is 0 Å². The number of imidazole rings is 1. The van der Waals surface area contributed by atoms with E-state index in [2.05, 4.69) is 15.6 Å². The van der Waals surface area contributed by atoms with E-state index in [1.165, 1.54) is 0 Å². The highest BCUT2D eigenvalue weighted by atomic mass is 16.2. The first kappa shape index (κ1) is 19.6. The summed E-state index contributed by atoms with van der Waals surface area (Å²) in [5.41, 5.74) is 4.12. The number of fused-ring (bicyclic) bond motifs is 1. The SMILES string of the molecule is Cc1nc2c(C)cccn2c1C(=O)NCCCC(=O)NC(C)c1ccccc1. The number of nitrogens with zero attached hydrogens (tertiary/aromatic N) is 2. The Bertz CT molecular complexity index is 979. The van der Waals surface area contributed by atoms with Gasteiger partial charge in [0.15, 0.2) is 0 Å². The lowest BCUT2D eigenvalue weighted by Crippen LogP contribution is -2.29. The second kappa shape index (κ2) is 8.69. The summed E-state index contributed by atoms with van der Waals surface area (Å²) in [5.74, 6) is -0.194. The lowest BCUT2D eigenvalue weighted by atomic mass is 10.1. The number of pyridine rings is 1. The molecule has 6 nitrogen and oxygen atoms in total. The third kappa shape index (κ3) is 4.39. The summed E-state index contributed by atoms with van der Waals surface area (Å²) in [7, 11) is 0. The van der Waals surface area contributed by atoms with E-state index in [1.54, 1.807) is 0 Å². The van der Waals surface area contributed by atoms with Gasteiger partial charge in [-0.3, -0.25) is 14.0 Å². The van der Waals surface area contributed by atoms with Gasteiger partial charge in [0.2, 0.25) is 5.91 Å². The first-order valence-corrected chi connectivity index (χ1v) is 9.54. The van der Waals surface area contributed by atoms with Crippen LogP contribution in [0.25, 0.3) is 5.65 Å². The highest BCUT2D eigenvalue weighted by Crippen LogP contribution is 2.15. The molecule has 3 rings (SSSR count). The van der Waals surface area contributed by atoms with Crippen molar-refractivity contribution in [2.45, 2.75) is 39.7 Å². The van der Waals surface area contributed by atoms with Crippen molar-refractivity contribution < 1.29 is 9.59 Å². The predicted octanol–water partition coefficient (Wildman–Crippen LogP) is 3.34. The Balaban J connectivity index is 1.49. The van der Waals surface area contributed by atoms with E-state index in [9.17, 15) is 9.59 Å². The maximum absolute atomic E-state index is 12.6. The third-order valence-corrected chi connectivity index (χ3v) is 4.78. The molecule has 3 aromatic rings. The van der Waals surface area contributed by atoms with Gasteiger partial charge in [-0.2, -0.15) is 0 Å². The first-order chi connectivity index (χ1) is 13.5. The van der Waals surface area contributed by atoms with Gasteiger partial charge in [-0.15, -0.1) is 0 Å². The van der Waals surface area contributed by atoms with Crippen LogP contribution in [0, 0.1) is 13.8 Å². The fraction of sp³-hybridized carbons (Fsp3) is 0.318. The maximum atomic E-state index is 12.6. The topological polar surface area (TPSA) is 75.5 Å². The monoisotopic (exact) mass is 378 g/mol. The van der Waals surface area contributed by atoms with Gasteiger partial charge < -0.3 is 10.6 Å². The zero-order valence-corrected chi connectivity index (χ0v) is 16.5. The molecule has 0 saturated heterocycles. The van der Waals surface area contributed by atoms with Crippen LogP contribution in [-0.2, 0) is 4.79 Å². The van der Waals surface area contributed by atoms with E-state index in [0.717, 1.165) is 16.8 Å². The molecule has 2 aromatic heterocycles. The van der Waals surface area contributed by atoms with Crippen molar-refractivity contribution >= 4 is 17.5 Å². The molecule has 2 heterocycles. The Morgan fingerprint density at radius 1 is 1.11 bits per heavy atom. The second-order valence-corrected chi connectivity index (χ2v) is 6.99. The zero-order chi connectivity index (χ0) is 20.1. The Morgan fingerprint density at radius 3 is 2.61 bits per heavy atom. The molecule has 0 radical (unpaired) electrons. The van der Waals surface area contributed by atoms with Crippen molar-refractivity contribution in [3.63, 3.8) is 0 Å². The minimum absolute atomic E-state index is 0.0211. The number of aryl methyl sites for hydroxylation is 2. The van der Waals surface area contributed by atoms with E-state index >= 15 is 0 Å². The molecule has 0 aliphatic carbocycles. The van der Waals surface area contributed by atoms with Crippen molar-refractivity contribution in [1.82, 2.24) is 20.0 Å². The molecule has 1 atom stereocenters. The van der Waals surface area contributed by atoms with Gasteiger partial charge in [0.05, 0.1) is 11.7 Å². The summed E-state index contributed by atoms with van der Waals surface area (Å²) in [5, 5.41) is 5.88. The minimum Gasteiger partial charge on any atom is -0.351 e. The van der Waals surface area contributed by atoms with E-state index in [1.807, 2.05) is 73.8 Å². The van der Waals surface area contributed by atoms with E-state index in [-0.39, 0.29) is 17.9 Å². The molecule has 0 aliphatic rings. The number of hydrogen-bond acceptors (Lipinski definition) is 3. The van der Waals surface area contributed by atoms with Crippen molar-refractivity contribution in [2.24, 2.45) is 0 Å². The van der Waals surface area contributed by atoms with Gasteiger partial charge in [0, 0.05) is 19.2 Å². The Morgan fingerprint density at radius 2 is 1.86 bits per heavy atom. The van der Waals surface area contributed by atoms with Crippen LogP contribution < -0.4 is 10.6 Å². The highest BCUT2D eigenvalue weighted by Gasteiger charge is 2.17. The summed E-state index contributed by atoms with van der Waals surface area (Å²) in [4.78, 5) is 29.2. The van der Waals surface area contributed by atoms with Crippen LogP contribution in [0.15, 0.2) is 48.7 Å². The average Bonchev–Trinajstić information content (AvgIpc) is 3.03. The average molecular weight is 378 g/mol. The number of nitrogens with one attached hydrogen (secondary N) is 2. The minimum atomic E-state index is -0.173. The van der Waals surface area contributed by atoms with Crippen molar-refractivity contribution in [1.29, 1.82) is 0 Å². The van der Waals surface area contributed by atoms with Gasteiger partial charge in [-0.1, -0.05) is 36.4 Å². The standard InChI is InChI=1S/C22H26N4O2/c1-15-9-8-14-26-20(17(3)25-21(15)26)22(28)23-13-7-12-19(27)24-16(2)18-10-5-4-6-11-18/h4-6,8-11,14,16H,7,12-13H2,1-3H3,(H,23,28)(H,24,27). The molecule has 0 spiro atoms. The molecule has 0 aliphatic heterocycles. The van der Waals surface area contributed by atoms with E-state index in [0.29, 0.717) is 30.8 Å². The quantitative estimate of drug-likeness (QED) is 0.619. The van der Waals surface area contributed by atoms with Crippen LogP contribution in [0.4, 0.5) is 0 Å². The normalized spacial score (nSPS) is 12.0. The number of carbonyl (C=O) groups is 2. The molecule has 0 fully saturated rings. The van der Waals surface area contributed by atoms with E-state index in [4.69, 9.17) is 0 Å². The summed E-state index contributed by atoms with van der Waals surface area (Å²) in [6.45, 7) is 6.20. The highest BCUT2D eigenvalue weighted by molar-refractivity contribution is 5.94. The van der Waals surface area contributed by atoms with Crippen LogP contribution in [0.3, 0.4) is 0 Å². The van der Waals surface area contributed by atoms with Crippen molar-refractivity contribution in [2.75, 3.05) is 6.54 Å². The Hall–Kier alpha value is -3.15. The smallest absolute Gasteiger partial charge is 0.270 e. The van der Waals surface area contributed by atoms with Crippen molar-refractivity contribution in [3.05, 3.63) is 71.2 Å².